The number of anilines is 1. The molecule has 1 rings (SSSR count). The number of rotatable bonds is 4. The zero-order valence-corrected chi connectivity index (χ0v) is 9.12. The summed E-state index contributed by atoms with van der Waals surface area (Å²) in [6, 6.07) is 7.93. The first-order valence-electron chi connectivity index (χ1n) is 5.00. The van der Waals surface area contributed by atoms with Crippen LogP contribution in [0.5, 0.6) is 0 Å². The van der Waals surface area contributed by atoms with E-state index in [1.165, 1.54) is 11.1 Å². The van der Waals surface area contributed by atoms with Crippen molar-refractivity contribution < 1.29 is 5.11 Å². The topological polar surface area (TPSA) is 56.0 Å². The van der Waals surface area contributed by atoms with E-state index in [0.717, 1.165) is 5.69 Å². The average Bonchev–Trinajstić information content (AvgIpc) is 2.21. The maximum absolute atomic E-state index is 9.39. The van der Waals surface area contributed by atoms with E-state index in [1.54, 1.807) is 0 Å². The molecule has 0 saturated carbocycles. The van der Waals surface area contributed by atoms with Gasteiger partial charge in [-0.15, -0.1) is 0 Å². The Morgan fingerprint density at radius 2 is 2.20 bits per heavy atom. The summed E-state index contributed by atoms with van der Waals surface area (Å²) in [4.78, 5) is 0. The summed E-state index contributed by atoms with van der Waals surface area (Å²) in [5, 5.41) is 20.9. The fraction of sp³-hybridized carbons (Fsp3) is 0.417. The molecule has 0 amide bonds. The van der Waals surface area contributed by atoms with E-state index in [0.29, 0.717) is 6.54 Å². The molecule has 0 aliphatic heterocycles. The second-order valence-electron chi connectivity index (χ2n) is 3.64. The van der Waals surface area contributed by atoms with Gasteiger partial charge in [0.1, 0.15) is 0 Å². The van der Waals surface area contributed by atoms with Crippen molar-refractivity contribution in [3.8, 4) is 6.07 Å². The number of hydrogen-bond donors (Lipinski definition) is 2. The molecule has 3 heteroatoms. The number of hydrogen-bond acceptors (Lipinski definition) is 3. The Bertz CT molecular complexity index is 368. The summed E-state index contributed by atoms with van der Waals surface area (Å²) in [6.45, 7) is 4.50. The zero-order chi connectivity index (χ0) is 11.3. The maximum Gasteiger partial charge on any atom is 0.0842 e. The molecule has 1 atom stereocenters. The molecule has 0 fully saturated rings. The smallest absolute Gasteiger partial charge is 0.0842 e. The Labute approximate surface area is 90.4 Å². The quantitative estimate of drug-likeness (QED) is 0.788. The first kappa shape index (κ1) is 11.5. The molecule has 0 spiro atoms. The third kappa shape index (κ3) is 3.26. The van der Waals surface area contributed by atoms with Crippen LogP contribution < -0.4 is 5.32 Å². The van der Waals surface area contributed by atoms with Crippen LogP contribution in [-0.4, -0.2) is 17.8 Å². The minimum Gasteiger partial charge on any atom is -0.390 e. The summed E-state index contributed by atoms with van der Waals surface area (Å²) in [6.07, 6.45) is -0.437. The number of aliphatic hydroxyl groups is 1. The average molecular weight is 204 g/mol. The summed E-state index contributed by atoms with van der Waals surface area (Å²) in [7, 11) is 0. The number of nitriles is 1. The van der Waals surface area contributed by atoms with Crippen molar-refractivity contribution >= 4 is 5.69 Å². The van der Waals surface area contributed by atoms with Crippen LogP contribution in [0.25, 0.3) is 0 Å². The molecule has 0 bridgehead atoms. The van der Waals surface area contributed by atoms with Crippen molar-refractivity contribution in [1.82, 2.24) is 0 Å². The lowest BCUT2D eigenvalue weighted by Gasteiger charge is -2.13. The fourth-order valence-electron chi connectivity index (χ4n) is 1.35. The van der Waals surface area contributed by atoms with Gasteiger partial charge < -0.3 is 10.4 Å². The molecule has 1 unspecified atom stereocenters. The highest BCUT2D eigenvalue weighted by Crippen LogP contribution is 2.17. The minimum absolute atomic E-state index is 0.165. The predicted octanol–water partition coefficient (Wildman–Crippen LogP) is 1.99. The van der Waals surface area contributed by atoms with E-state index in [1.807, 2.05) is 38.1 Å². The molecule has 80 valence electrons. The molecule has 0 saturated heterocycles. The van der Waals surface area contributed by atoms with E-state index >= 15 is 0 Å². The normalized spacial score (nSPS) is 11.9. The van der Waals surface area contributed by atoms with Gasteiger partial charge in [0, 0.05) is 12.2 Å². The molecule has 1 aromatic carbocycles. The first-order valence-corrected chi connectivity index (χ1v) is 5.00. The van der Waals surface area contributed by atoms with Gasteiger partial charge >= 0.3 is 0 Å². The number of aliphatic hydroxyl groups excluding tert-OH is 1. The second-order valence-corrected chi connectivity index (χ2v) is 3.64. The Morgan fingerprint density at radius 3 is 2.87 bits per heavy atom. The summed E-state index contributed by atoms with van der Waals surface area (Å²) >= 11 is 0. The molecule has 0 heterocycles. The van der Waals surface area contributed by atoms with Crippen LogP contribution in [0.3, 0.4) is 0 Å². The van der Waals surface area contributed by atoms with Crippen LogP contribution in [0, 0.1) is 25.2 Å². The van der Waals surface area contributed by atoms with Crippen LogP contribution in [0.15, 0.2) is 18.2 Å². The first-order chi connectivity index (χ1) is 7.15. The van der Waals surface area contributed by atoms with E-state index in [9.17, 15) is 5.11 Å². The third-order valence-corrected chi connectivity index (χ3v) is 2.46. The molecule has 2 N–H and O–H groups in total. The molecule has 0 radical (unpaired) electrons. The molecule has 0 aliphatic rings. The van der Waals surface area contributed by atoms with Crippen LogP contribution >= 0.6 is 0 Å². The molecular formula is C12H16N2O. The summed E-state index contributed by atoms with van der Waals surface area (Å²) in [5.74, 6) is 0. The molecular weight excluding hydrogens is 188 g/mol. The van der Waals surface area contributed by atoms with Crippen molar-refractivity contribution in [2.75, 3.05) is 11.9 Å². The van der Waals surface area contributed by atoms with Crippen molar-refractivity contribution in [2.24, 2.45) is 0 Å². The monoisotopic (exact) mass is 204 g/mol. The van der Waals surface area contributed by atoms with Crippen molar-refractivity contribution in [1.29, 1.82) is 5.26 Å². The Kier molecular flexibility index (Phi) is 4.14. The molecule has 0 aromatic heterocycles. The molecule has 3 nitrogen and oxygen atoms in total. The van der Waals surface area contributed by atoms with Crippen LogP contribution in [0.1, 0.15) is 17.5 Å². The predicted molar refractivity (Wildman–Crippen MR) is 60.6 cm³/mol. The van der Waals surface area contributed by atoms with Gasteiger partial charge in [0.05, 0.1) is 18.6 Å². The number of nitrogens with one attached hydrogen (secondary N) is 1. The zero-order valence-electron chi connectivity index (χ0n) is 9.12. The number of benzene rings is 1. The van der Waals surface area contributed by atoms with Gasteiger partial charge in [-0.2, -0.15) is 5.26 Å². The van der Waals surface area contributed by atoms with Gasteiger partial charge in [0.2, 0.25) is 0 Å². The van der Waals surface area contributed by atoms with Crippen LogP contribution in [0.4, 0.5) is 5.69 Å². The SMILES string of the molecule is Cc1cccc(NCC(O)CC#N)c1C. The highest BCUT2D eigenvalue weighted by atomic mass is 16.3. The molecule has 1 aromatic rings. The highest BCUT2D eigenvalue weighted by Gasteiger charge is 2.04. The highest BCUT2D eigenvalue weighted by molar-refractivity contribution is 5.53. The Morgan fingerprint density at radius 1 is 1.47 bits per heavy atom. The van der Waals surface area contributed by atoms with Gasteiger partial charge in [-0.1, -0.05) is 12.1 Å². The lowest BCUT2D eigenvalue weighted by atomic mass is 10.1. The summed E-state index contributed by atoms with van der Waals surface area (Å²) in [5.41, 5.74) is 3.42. The standard InChI is InChI=1S/C12H16N2O/c1-9-4-3-5-12(10(9)2)14-8-11(15)6-7-13/h3-5,11,14-15H,6,8H2,1-2H3. The van der Waals surface area contributed by atoms with E-state index in [-0.39, 0.29) is 6.42 Å². The lowest BCUT2D eigenvalue weighted by Crippen LogP contribution is -2.19. The van der Waals surface area contributed by atoms with Crippen molar-refractivity contribution in [3.63, 3.8) is 0 Å². The lowest BCUT2D eigenvalue weighted by molar-refractivity contribution is 0.193. The van der Waals surface area contributed by atoms with Crippen molar-refractivity contribution in [2.45, 2.75) is 26.4 Å². The maximum atomic E-state index is 9.39. The van der Waals surface area contributed by atoms with E-state index < -0.39 is 6.10 Å². The number of nitrogens with zero attached hydrogens (tertiary/aromatic N) is 1. The largest absolute Gasteiger partial charge is 0.390 e. The summed E-state index contributed by atoms with van der Waals surface area (Å²) < 4.78 is 0. The number of aryl methyl sites for hydroxylation is 1. The van der Waals surface area contributed by atoms with Crippen LogP contribution in [-0.2, 0) is 0 Å². The van der Waals surface area contributed by atoms with Gasteiger partial charge in [0.15, 0.2) is 0 Å². The van der Waals surface area contributed by atoms with Gasteiger partial charge in [-0.3, -0.25) is 0 Å². The van der Waals surface area contributed by atoms with E-state index in [2.05, 4.69) is 5.32 Å². The molecule has 15 heavy (non-hydrogen) atoms. The van der Waals surface area contributed by atoms with Crippen molar-refractivity contribution in [3.05, 3.63) is 29.3 Å². The Hall–Kier alpha value is -1.53. The van der Waals surface area contributed by atoms with E-state index in [4.69, 9.17) is 5.26 Å². The fourth-order valence-corrected chi connectivity index (χ4v) is 1.35. The third-order valence-electron chi connectivity index (χ3n) is 2.46. The van der Waals surface area contributed by atoms with Gasteiger partial charge in [0.25, 0.3) is 0 Å². The minimum atomic E-state index is -0.602. The van der Waals surface area contributed by atoms with Gasteiger partial charge in [-0.25, -0.2) is 0 Å². The second kappa shape index (κ2) is 5.38. The van der Waals surface area contributed by atoms with Crippen LogP contribution in [0.2, 0.25) is 0 Å². The Balaban J connectivity index is 2.58. The van der Waals surface area contributed by atoms with Gasteiger partial charge in [-0.05, 0) is 31.0 Å². The molecule has 0 aliphatic carbocycles.